The molecule has 0 heterocycles. The summed E-state index contributed by atoms with van der Waals surface area (Å²) < 4.78 is 20.7. The normalized spacial score (nSPS) is 10.9. The zero-order valence-electron chi connectivity index (χ0n) is 13.3. The maximum atomic E-state index is 11.9. The zero-order chi connectivity index (χ0) is 16.7. The van der Waals surface area contributed by atoms with Crippen molar-refractivity contribution in [3.8, 4) is 23.3 Å². The van der Waals surface area contributed by atoms with Gasteiger partial charge < -0.3 is 18.9 Å². The van der Waals surface area contributed by atoms with Crippen molar-refractivity contribution in [3.63, 3.8) is 0 Å². The zero-order valence-corrected chi connectivity index (χ0v) is 13.3. The van der Waals surface area contributed by atoms with Gasteiger partial charge in [0.25, 0.3) is 0 Å². The van der Waals surface area contributed by atoms with Gasteiger partial charge in [0.05, 0.1) is 27.4 Å². The first-order chi connectivity index (χ1) is 10.5. The first-order valence-corrected chi connectivity index (χ1v) is 6.59. The van der Waals surface area contributed by atoms with Crippen molar-refractivity contribution in [1.29, 1.82) is 5.26 Å². The molecule has 0 aromatic heterocycles. The highest BCUT2D eigenvalue weighted by Crippen LogP contribution is 2.35. The highest BCUT2D eigenvalue weighted by atomic mass is 16.5. The second kappa shape index (κ2) is 7.93. The van der Waals surface area contributed by atoms with E-state index in [-0.39, 0.29) is 11.7 Å². The average molecular weight is 305 g/mol. The number of nitriles is 1. The second-order valence-electron chi connectivity index (χ2n) is 4.57. The van der Waals surface area contributed by atoms with E-state index in [0.717, 1.165) is 0 Å². The van der Waals surface area contributed by atoms with Crippen LogP contribution in [0.3, 0.4) is 0 Å². The Labute approximate surface area is 129 Å². The Hall–Kier alpha value is -2.68. The first-order valence-electron chi connectivity index (χ1n) is 6.59. The van der Waals surface area contributed by atoms with Crippen LogP contribution >= 0.6 is 0 Å². The van der Waals surface area contributed by atoms with Crippen LogP contribution in [0.25, 0.3) is 6.08 Å². The molecule has 1 aromatic rings. The highest BCUT2D eigenvalue weighted by molar-refractivity contribution is 5.98. The van der Waals surface area contributed by atoms with E-state index in [0.29, 0.717) is 22.8 Å². The maximum Gasteiger partial charge on any atom is 0.349 e. The number of ether oxygens (including phenoxy) is 4. The molecule has 0 N–H and O–H groups in total. The lowest BCUT2D eigenvalue weighted by Gasteiger charge is -2.12. The fraction of sp³-hybridized carbons (Fsp3) is 0.375. The summed E-state index contributed by atoms with van der Waals surface area (Å²) in [6.45, 7) is 3.42. The van der Waals surface area contributed by atoms with Crippen LogP contribution in [0.1, 0.15) is 19.4 Å². The second-order valence-corrected chi connectivity index (χ2v) is 4.57. The van der Waals surface area contributed by atoms with Gasteiger partial charge in [0.1, 0.15) is 17.4 Å². The number of hydrogen-bond donors (Lipinski definition) is 0. The standard InChI is InChI=1S/C16H19NO5/c1-10(2)22-16(18)12(9-17)6-11-7-14(20-4)15(21-5)8-13(11)19-3/h6-8,10H,1-5H3/b12-6+. The molecule has 0 amide bonds. The third-order valence-corrected chi connectivity index (χ3v) is 2.72. The molecule has 0 aliphatic heterocycles. The van der Waals surface area contributed by atoms with Crippen LogP contribution in [0.15, 0.2) is 17.7 Å². The Morgan fingerprint density at radius 3 is 2.09 bits per heavy atom. The van der Waals surface area contributed by atoms with E-state index in [2.05, 4.69) is 0 Å². The van der Waals surface area contributed by atoms with Crippen LogP contribution in [0.2, 0.25) is 0 Å². The van der Waals surface area contributed by atoms with E-state index < -0.39 is 5.97 Å². The van der Waals surface area contributed by atoms with Crippen molar-refractivity contribution in [2.45, 2.75) is 20.0 Å². The van der Waals surface area contributed by atoms with E-state index in [4.69, 9.17) is 24.2 Å². The van der Waals surface area contributed by atoms with Crippen molar-refractivity contribution >= 4 is 12.0 Å². The van der Waals surface area contributed by atoms with Gasteiger partial charge in [-0.05, 0) is 26.0 Å². The predicted molar refractivity (Wildman–Crippen MR) is 80.9 cm³/mol. The number of esters is 1. The number of carbonyl (C=O) groups excluding carboxylic acids is 1. The highest BCUT2D eigenvalue weighted by Gasteiger charge is 2.16. The molecule has 118 valence electrons. The van der Waals surface area contributed by atoms with Crippen LogP contribution < -0.4 is 14.2 Å². The van der Waals surface area contributed by atoms with Crippen molar-refractivity contribution in [2.24, 2.45) is 0 Å². The fourth-order valence-corrected chi connectivity index (χ4v) is 1.74. The quantitative estimate of drug-likeness (QED) is 0.456. The molecule has 0 atom stereocenters. The third-order valence-electron chi connectivity index (χ3n) is 2.72. The smallest absolute Gasteiger partial charge is 0.349 e. The van der Waals surface area contributed by atoms with Crippen LogP contribution in [0.4, 0.5) is 0 Å². The molecule has 6 heteroatoms. The van der Waals surface area contributed by atoms with Crippen LogP contribution in [0, 0.1) is 11.3 Å². The van der Waals surface area contributed by atoms with Crippen molar-refractivity contribution in [3.05, 3.63) is 23.3 Å². The number of hydrogen-bond acceptors (Lipinski definition) is 6. The number of methoxy groups -OCH3 is 3. The van der Waals surface area contributed by atoms with Crippen LogP contribution in [-0.2, 0) is 9.53 Å². The maximum absolute atomic E-state index is 11.9. The van der Waals surface area contributed by atoms with Crippen molar-refractivity contribution in [2.75, 3.05) is 21.3 Å². The lowest BCUT2D eigenvalue weighted by molar-refractivity contribution is -0.142. The molecule has 1 aromatic carbocycles. The minimum atomic E-state index is -0.686. The molecular weight excluding hydrogens is 286 g/mol. The molecule has 0 saturated carbocycles. The van der Waals surface area contributed by atoms with Crippen molar-refractivity contribution in [1.82, 2.24) is 0 Å². The summed E-state index contributed by atoms with van der Waals surface area (Å²) in [7, 11) is 4.49. The Kier molecular flexibility index (Phi) is 6.26. The van der Waals surface area contributed by atoms with E-state index in [1.54, 1.807) is 26.0 Å². The van der Waals surface area contributed by atoms with Gasteiger partial charge in [0.15, 0.2) is 11.5 Å². The summed E-state index contributed by atoms with van der Waals surface area (Å²) >= 11 is 0. The number of benzene rings is 1. The topological polar surface area (TPSA) is 77.8 Å². The molecule has 22 heavy (non-hydrogen) atoms. The molecule has 0 saturated heterocycles. The lowest BCUT2D eigenvalue weighted by Crippen LogP contribution is -2.12. The van der Waals surface area contributed by atoms with E-state index in [9.17, 15) is 4.79 Å². The summed E-state index contributed by atoms with van der Waals surface area (Å²) in [5.41, 5.74) is 0.386. The van der Waals surface area contributed by atoms with Crippen LogP contribution in [0.5, 0.6) is 17.2 Å². The SMILES string of the molecule is COc1cc(OC)c(OC)cc1/C=C(\C#N)C(=O)OC(C)C. The van der Waals surface area contributed by atoms with Gasteiger partial charge in [-0.2, -0.15) is 5.26 Å². The molecule has 0 aliphatic carbocycles. The molecule has 6 nitrogen and oxygen atoms in total. The van der Waals surface area contributed by atoms with E-state index >= 15 is 0 Å². The lowest BCUT2D eigenvalue weighted by atomic mass is 10.1. The van der Waals surface area contributed by atoms with Gasteiger partial charge in [-0.3, -0.25) is 0 Å². The van der Waals surface area contributed by atoms with Gasteiger partial charge in [0.2, 0.25) is 0 Å². The van der Waals surface area contributed by atoms with Gasteiger partial charge in [-0.1, -0.05) is 0 Å². The van der Waals surface area contributed by atoms with E-state index in [1.807, 2.05) is 6.07 Å². The molecule has 0 spiro atoms. The summed E-state index contributed by atoms with van der Waals surface area (Å²) in [6, 6.07) is 5.07. The third kappa shape index (κ3) is 4.16. The van der Waals surface area contributed by atoms with Gasteiger partial charge in [0, 0.05) is 11.6 Å². The molecule has 1 rings (SSSR count). The van der Waals surface area contributed by atoms with Crippen molar-refractivity contribution < 1.29 is 23.7 Å². The molecule has 0 aliphatic rings. The number of nitrogens with zero attached hydrogens (tertiary/aromatic N) is 1. The summed E-state index contributed by atoms with van der Waals surface area (Å²) in [5.74, 6) is 0.709. The molecular formula is C16H19NO5. The Balaban J connectivity index is 3.32. The Bertz CT molecular complexity index is 614. The number of carbonyl (C=O) groups is 1. The largest absolute Gasteiger partial charge is 0.496 e. The first kappa shape index (κ1) is 17.4. The Morgan fingerprint density at radius 1 is 1.09 bits per heavy atom. The molecule has 0 fully saturated rings. The predicted octanol–water partition coefficient (Wildman–Crippen LogP) is 2.57. The van der Waals surface area contributed by atoms with Gasteiger partial charge in [-0.15, -0.1) is 0 Å². The summed E-state index contributed by atoms with van der Waals surface area (Å²) in [4.78, 5) is 11.9. The van der Waals surface area contributed by atoms with E-state index in [1.165, 1.54) is 27.4 Å². The fourth-order valence-electron chi connectivity index (χ4n) is 1.74. The minimum Gasteiger partial charge on any atom is -0.496 e. The monoisotopic (exact) mass is 305 g/mol. The summed E-state index contributed by atoms with van der Waals surface area (Å²) in [6.07, 6.45) is 1.09. The van der Waals surface area contributed by atoms with Gasteiger partial charge in [-0.25, -0.2) is 4.79 Å². The molecule has 0 unspecified atom stereocenters. The summed E-state index contributed by atoms with van der Waals surface area (Å²) in [5, 5.41) is 9.15. The van der Waals surface area contributed by atoms with Crippen LogP contribution in [-0.4, -0.2) is 33.4 Å². The molecule has 0 radical (unpaired) electrons. The number of rotatable bonds is 6. The average Bonchev–Trinajstić information content (AvgIpc) is 2.50. The molecule has 0 bridgehead atoms. The Morgan fingerprint density at radius 2 is 1.64 bits per heavy atom. The minimum absolute atomic E-state index is 0.126. The van der Waals surface area contributed by atoms with Gasteiger partial charge >= 0.3 is 5.97 Å².